The first-order valence-electron chi connectivity index (χ1n) is 3.66. The van der Waals surface area contributed by atoms with E-state index in [1.165, 1.54) is 0 Å². The number of esters is 1. The molecule has 5 nitrogen and oxygen atoms in total. The van der Waals surface area contributed by atoms with Gasteiger partial charge in [-0.3, -0.25) is 9.89 Å². The summed E-state index contributed by atoms with van der Waals surface area (Å²) in [5, 5.41) is 6.29. The van der Waals surface area contributed by atoms with Gasteiger partial charge in [0.1, 0.15) is 0 Å². The third-order valence-corrected chi connectivity index (χ3v) is 1.42. The Labute approximate surface area is 69.9 Å². The summed E-state index contributed by atoms with van der Waals surface area (Å²) in [4.78, 5) is 10.9. The molecule has 66 valence electrons. The Morgan fingerprint density at radius 2 is 2.42 bits per heavy atom. The largest absolute Gasteiger partial charge is 0.421 e. The van der Waals surface area contributed by atoms with Crippen LogP contribution in [0.3, 0.4) is 0 Å². The van der Waals surface area contributed by atoms with E-state index in [0.717, 1.165) is 0 Å². The van der Waals surface area contributed by atoms with Crippen molar-refractivity contribution in [1.29, 1.82) is 0 Å². The van der Waals surface area contributed by atoms with Gasteiger partial charge in [0, 0.05) is 6.42 Å². The highest BCUT2D eigenvalue weighted by Gasteiger charge is 2.11. The van der Waals surface area contributed by atoms with Crippen molar-refractivity contribution in [1.82, 2.24) is 10.2 Å². The highest BCUT2D eigenvalue weighted by molar-refractivity contribution is 5.74. The quantitative estimate of drug-likeness (QED) is 0.636. The van der Waals surface area contributed by atoms with Crippen molar-refractivity contribution < 1.29 is 9.53 Å². The fraction of sp³-hybridized carbons (Fsp3) is 0.429. The molecular weight excluding hydrogens is 158 g/mol. The minimum atomic E-state index is -0.314. The molecule has 12 heavy (non-hydrogen) atoms. The van der Waals surface area contributed by atoms with E-state index in [1.54, 1.807) is 13.8 Å². The molecule has 0 fully saturated rings. The van der Waals surface area contributed by atoms with Crippen LogP contribution < -0.4 is 10.5 Å². The number of carbonyl (C=O) groups excluding carboxylic acids is 1. The summed E-state index contributed by atoms with van der Waals surface area (Å²) in [6, 6.07) is 0. The van der Waals surface area contributed by atoms with Crippen LogP contribution in [0, 0.1) is 6.92 Å². The van der Waals surface area contributed by atoms with E-state index >= 15 is 0 Å². The van der Waals surface area contributed by atoms with Crippen LogP contribution in [0.2, 0.25) is 0 Å². The molecule has 5 heteroatoms. The van der Waals surface area contributed by atoms with Gasteiger partial charge in [-0.1, -0.05) is 6.92 Å². The Morgan fingerprint density at radius 1 is 1.75 bits per heavy atom. The van der Waals surface area contributed by atoms with Crippen LogP contribution in [-0.2, 0) is 4.79 Å². The van der Waals surface area contributed by atoms with Gasteiger partial charge >= 0.3 is 5.97 Å². The summed E-state index contributed by atoms with van der Waals surface area (Å²) in [5.41, 5.74) is 6.09. The Bertz CT molecular complexity index is 273. The standard InChI is InChI=1S/C7H11N3O2/c1-3-5(11)12-6-4(2)9-10-7(6)8/h3H2,1-2H3,(H3,8,9,10). The van der Waals surface area contributed by atoms with Crippen molar-refractivity contribution in [2.24, 2.45) is 0 Å². The highest BCUT2D eigenvalue weighted by Crippen LogP contribution is 2.22. The van der Waals surface area contributed by atoms with E-state index in [2.05, 4.69) is 10.2 Å². The van der Waals surface area contributed by atoms with E-state index in [4.69, 9.17) is 10.5 Å². The Morgan fingerprint density at radius 3 is 2.83 bits per heavy atom. The molecule has 0 aliphatic rings. The minimum Gasteiger partial charge on any atom is -0.421 e. The number of aromatic amines is 1. The van der Waals surface area contributed by atoms with Crippen LogP contribution >= 0.6 is 0 Å². The van der Waals surface area contributed by atoms with Gasteiger partial charge in [-0.2, -0.15) is 5.10 Å². The number of nitrogen functional groups attached to an aromatic ring is 1. The molecule has 3 N–H and O–H groups in total. The van der Waals surface area contributed by atoms with Gasteiger partial charge in [0.2, 0.25) is 0 Å². The molecule has 1 rings (SSSR count). The van der Waals surface area contributed by atoms with Crippen LogP contribution in [0.25, 0.3) is 0 Å². The number of H-pyrrole nitrogens is 1. The summed E-state index contributed by atoms with van der Waals surface area (Å²) < 4.78 is 4.91. The summed E-state index contributed by atoms with van der Waals surface area (Å²) in [6.45, 7) is 3.45. The van der Waals surface area contributed by atoms with Crippen LogP contribution in [0.15, 0.2) is 0 Å². The minimum absolute atomic E-state index is 0.217. The molecule has 0 atom stereocenters. The number of nitrogens with zero attached hydrogens (tertiary/aromatic N) is 1. The summed E-state index contributed by atoms with van der Waals surface area (Å²) in [6.07, 6.45) is 0.323. The number of rotatable bonds is 2. The summed E-state index contributed by atoms with van der Waals surface area (Å²) >= 11 is 0. The number of nitrogens with two attached hydrogens (primary N) is 1. The predicted molar refractivity (Wildman–Crippen MR) is 43.7 cm³/mol. The smallest absolute Gasteiger partial charge is 0.311 e. The van der Waals surface area contributed by atoms with Gasteiger partial charge in [-0.25, -0.2) is 0 Å². The monoisotopic (exact) mass is 169 g/mol. The van der Waals surface area contributed by atoms with E-state index in [1.807, 2.05) is 0 Å². The fourth-order valence-corrected chi connectivity index (χ4v) is 0.753. The molecule has 0 radical (unpaired) electrons. The molecule has 0 unspecified atom stereocenters. The molecule has 1 heterocycles. The molecule has 0 spiro atoms. The molecule has 0 saturated carbocycles. The van der Waals surface area contributed by atoms with Crippen molar-refractivity contribution in [3.63, 3.8) is 0 Å². The molecule has 0 aliphatic carbocycles. The third-order valence-electron chi connectivity index (χ3n) is 1.42. The first-order valence-corrected chi connectivity index (χ1v) is 3.66. The highest BCUT2D eigenvalue weighted by atomic mass is 16.5. The zero-order valence-electron chi connectivity index (χ0n) is 7.05. The molecule has 0 saturated heterocycles. The van der Waals surface area contributed by atoms with Crippen molar-refractivity contribution in [2.75, 3.05) is 5.73 Å². The lowest BCUT2D eigenvalue weighted by atomic mass is 10.4. The molecule has 0 aliphatic heterocycles. The number of ether oxygens (including phenoxy) is 1. The molecule has 1 aromatic heterocycles. The number of aryl methyl sites for hydroxylation is 1. The molecular formula is C7H11N3O2. The molecule has 0 aromatic carbocycles. The maximum Gasteiger partial charge on any atom is 0.311 e. The number of anilines is 1. The Hall–Kier alpha value is -1.52. The Kier molecular flexibility index (Phi) is 2.32. The van der Waals surface area contributed by atoms with Gasteiger partial charge < -0.3 is 10.5 Å². The zero-order valence-corrected chi connectivity index (χ0v) is 7.05. The second-order valence-electron chi connectivity index (χ2n) is 2.39. The average Bonchev–Trinajstić information content (AvgIpc) is 2.35. The predicted octanol–water partition coefficient (Wildman–Crippen LogP) is 0.616. The summed E-state index contributed by atoms with van der Waals surface area (Å²) in [5.74, 6) is 0.238. The average molecular weight is 169 g/mol. The van der Waals surface area contributed by atoms with Crippen molar-refractivity contribution >= 4 is 11.8 Å². The fourth-order valence-electron chi connectivity index (χ4n) is 0.753. The molecule has 0 bridgehead atoms. The lowest BCUT2D eigenvalue weighted by Crippen LogP contribution is -2.07. The number of carbonyl (C=O) groups is 1. The van der Waals surface area contributed by atoms with Crippen LogP contribution in [0.4, 0.5) is 5.82 Å². The normalized spacial score (nSPS) is 9.83. The first kappa shape index (κ1) is 8.58. The van der Waals surface area contributed by atoms with Gasteiger partial charge in [0.25, 0.3) is 0 Å². The van der Waals surface area contributed by atoms with Crippen molar-refractivity contribution in [3.8, 4) is 5.75 Å². The Balaban J connectivity index is 2.80. The van der Waals surface area contributed by atoms with Crippen molar-refractivity contribution in [3.05, 3.63) is 5.69 Å². The first-order chi connectivity index (χ1) is 5.65. The topological polar surface area (TPSA) is 81.0 Å². The van der Waals surface area contributed by atoms with E-state index in [0.29, 0.717) is 17.9 Å². The van der Waals surface area contributed by atoms with E-state index in [-0.39, 0.29) is 11.8 Å². The maximum absolute atomic E-state index is 10.9. The van der Waals surface area contributed by atoms with Crippen LogP contribution in [0.5, 0.6) is 5.75 Å². The number of hydrogen-bond acceptors (Lipinski definition) is 4. The zero-order chi connectivity index (χ0) is 9.14. The lowest BCUT2D eigenvalue weighted by molar-refractivity contribution is -0.134. The summed E-state index contributed by atoms with van der Waals surface area (Å²) in [7, 11) is 0. The third kappa shape index (κ3) is 1.55. The van der Waals surface area contributed by atoms with Crippen LogP contribution in [0.1, 0.15) is 19.0 Å². The SMILES string of the molecule is CCC(=O)Oc1c(N)n[nH]c1C. The van der Waals surface area contributed by atoms with E-state index < -0.39 is 0 Å². The van der Waals surface area contributed by atoms with Gasteiger partial charge in [0.15, 0.2) is 11.6 Å². The second kappa shape index (κ2) is 3.25. The number of aromatic nitrogens is 2. The lowest BCUT2D eigenvalue weighted by Gasteiger charge is -2.00. The van der Waals surface area contributed by atoms with Gasteiger partial charge in [0.05, 0.1) is 5.69 Å². The van der Waals surface area contributed by atoms with E-state index in [9.17, 15) is 4.79 Å². The van der Waals surface area contributed by atoms with Gasteiger partial charge in [-0.05, 0) is 6.92 Å². The molecule has 0 amide bonds. The van der Waals surface area contributed by atoms with Gasteiger partial charge in [-0.15, -0.1) is 0 Å². The maximum atomic E-state index is 10.9. The second-order valence-corrected chi connectivity index (χ2v) is 2.39. The molecule has 1 aromatic rings. The van der Waals surface area contributed by atoms with Crippen LogP contribution in [-0.4, -0.2) is 16.2 Å². The van der Waals surface area contributed by atoms with Crippen molar-refractivity contribution in [2.45, 2.75) is 20.3 Å². The number of nitrogens with one attached hydrogen (secondary N) is 1. The number of hydrogen-bond donors (Lipinski definition) is 2.